The second-order valence-corrected chi connectivity index (χ2v) is 6.12. The Bertz CT molecular complexity index is 865. The second-order valence-electron chi connectivity index (χ2n) is 5.69. The lowest BCUT2D eigenvalue weighted by atomic mass is 10.1. The van der Waals surface area contributed by atoms with Gasteiger partial charge in [0.2, 0.25) is 5.89 Å². The lowest BCUT2D eigenvalue weighted by Crippen LogP contribution is -2.36. The second kappa shape index (κ2) is 6.67. The molecule has 1 aliphatic heterocycles. The van der Waals surface area contributed by atoms with Gasteiger partial charge in [0.05, 0.1) is 13.2 Å². The van der Waals surface area contributed by atoms with E-state index in [0.717, 1.165) is 43.0 Å². The molecule has 24 heavy (non-hydrogen) atoms. The first-order valence-corrected chi connectivity index (χ1v) is 8.33. The van der Waals surface area contributed by atoms with E-state index in [1.165, 1.54) is 5.69 Å². The van der Waals surface area contributed by atoms with Crippen LogP contribution in [0.15, 0.2) is 46.9 Å². The van der Waals surface area contributed by atoms with E-state index in [9.17, 15) is 0 Å². The van der Waals surface area contributed by atoms with Crippen LogP contribution in [0.2, 0.25) is 5.02 Å². The van der Waals surface area contributed by atoms with Crippen LogP contribution >= 0.6 is 11.6 Å². The summed E-state index contributed by atoms with van der Waals surface area (Å²) in [6, 6.07) is 13.9. The van der Waals surface area contributed by atoms with Crippen LogP contribution in [0.3, 0.4) is 0 Å². The van der Waals surface area contributed by atoms with Gasteiger partial charge in [-0.25, -0.2) is 4.98 Å². The molecule has 0 radical (unpaired) electrons. The highest BCUT2D eigenvalue weighted by Gasteiger charge is 2.10. The van der Waals surface area contributed by atoms with Crippen LogP contribution in [0.1, 0.15) is 11.5 Å². The summed E-state index contributed by atoms with van der Waals surface area (Å²) in [5.41, 5.74) is 3.84. The van der Waals surface area contributed by atoms with Gasteiger partial charge in [-0.15, -0.1) is 0 Å². The van der Waals surface area contributed by atoms with Crippen LogP contribution in [0.4, 0.5) is 5.69 Å². The first-order valence-electron chi connectivity index (χ1n) is 7.95. The summed E-state index contributed by atoms with van der Waals surface area (Å²) in [6.45, 7) is 3.48. The fraction of sp³-hybridized carbons (Fsp3) is 0.211. The normalized spacial score (nSPS) is 15.5. The number of hydrogen-bond donors (Lipinski definition) is 0. The van der Waals surface area contributed by atoms with Crippen LogP contribution in [0.25, 0.3) is 23.3 Å². The van der Waals surface area contributed by atoms with Crippen molar-refractivity contribution in [1.82, 2.24) is 4.98 Å². The van der Waals surface area contributed by atoms with E-state index in [1.54, 1.807) is 12.1 Å². The highest BCUT2D eigenvalue weighted by atomic mass is 35.5. The standard InChI is InChI=1S/C19H17ClN2O2/c20-15-4-7-18-17(13-15)21-19(24-18)8-3-14-1-5-16(6-2-14)22-9-11-23-12-10-22/h1-8,13H,9-12H2/b8-3+. The molecule has 0 amide bonds. The summed E-state index contributed by atoms with van der Waals surface area (Å²) < 4.78 is 11.1. The minimum atomic E-state index is 0.574. The Morgan fingerprint density at radius 1 is 1.00 bits per heavy atom. The summed E-state index contributed by atoms with van der Waals surface area (Å²) in [6.07, 6.45) is 3.87. The highest BCUT2D eigenvalue weighted by Crippen LogP contribution is 2.22. The van der Waals surface area contributed by atoms with Crippen molar-refractivity contribution in [1.29, 1.82) is 0 Å². The first-order chi connectivity index (χ1) is 11.8. The number of oxazole rings is 1. The lowest BCUT2D eigenvalue weighted by Gasteiger charge is -2.28. The molecule has 0 N–H and O–H groups in total. The Kier molecular flexibility index (Phi) is 4.24. The topological polar surface area (TPSA) is 38.5 Å². The highest BCUT2D eigenvalue weighted by molar-refractivity contribution is 6.31. The van der Waals surface area contributed by atoms with Gasteiger partial charge in [-0.2, -0.15) is 0 Å². The zero-order valence-corrected chi connectivity index (χ0v) is 13.9. The van der Waals surface area contributed by atoms with Crippen molar-refractivity contribution >= 4 is 40.5 Å². The van der Waals surface area contributed by atoms with Crippen LogP contribution in [0.5, 0.6) is 0 Å². The van der Waals surface area contributed by atoms with E-state index in [4.69, 9.17) is 20.8 Å². The SMILES string of the molecule is Clc1ccc2oc(/C=C/c3ccc(N4CCOCC4)cc3)nc2c1. The maximum absolute atomic E-state index is 5.97. The number of hydrogen-bond acceptors (Lipinski definition) is 4. The molecule has 2 heterocycles. The molecule has 0 unspecified atom stereocenters. The number of anilines is 1. The van der Waals surface area contributed by atoms with Gasteiger partial charge in [0, 0.05) is 29.9 Å². The van der Waals surface area contributed by atoms with Gasteiger partial charge < -0.3 is 14.1 Å². The van der Waals surface area contributed by atoms with Crippen molar-refractivity contribution in [2.45, 2.75) is 0 Å². The number of aromatic nitrogens is 1. The zero-order valence-electron chi connectivity index (χ0n) is 13.1. The Balaban J connectivity index is 1.50. The summed E-state index contributed by atoms with van der Waals surface area (Å²) >= 11 is 5.97. The molecule has 1 fully saturated rings. The molecule has 0 saturated carbocycles. The minimum absolute atomic E-state index is 0.574. The third kappa shape index (κ3) is 3.30. The smallest absolute Gasteiger partial charge is 0.220 e. The molecule has 0 spiro atoms. The van der Waals surface area contributed by atoms with Gasteiger partial charge in [0.15, 0.2) is 5.58 Å². The summed E-state index contributed by atoms with van der Waals surface area (Å²) in [7, 11) is 0. The number of halogens is 1. The average Bonchev–Trinajstić information content (AvgIpc) is 3.03. The van der Waals surface area contributed by atoms with Gasteiger partial charge in [-0.1, -0.05) is 23.7 Å². The van der Waals surface area contributed by atoms with Crippen molar-refractivity contribution in [2.24, 2.45) is 0 Å². The monoisotopic (exact) mass is 340 g/mol. The molecule has 5 heteroatoms. The molecular weight excluding hydrogens is 324 g/mol. The Labute approximate surface area is 145 Å². The fourth-order valence-corrected chi connectivity index (χ4v) is 2.94. The first kappa shape index (κ1) is 15.2. The number of rotatable bonds is 3. The molecule has 4 rings (SSSR count). The molecule has 1 saturated heterocycles. The van der Waals surface area contributed by atoms with Crippen molar-refractivity contribution in [2.75, 3.05) is 31.2 Å². The maximum Gasteiger partial charge on any atom is 0.220 e. The molecule has 0 bridgehead atoms. The Morgan fingerprint density at radius 3 is 2.58 bits per heavy atom. The van der Waals surface area contributed by atoms with Crippen molar-refractivity contribution in [3.05, 3.63) is 58.9 Å². The summed E-state index contributed by atoms with van der Waals surface area (Å²) in [4.78, 5) is 6.75. The third-order valence-corrected chi connectivity index (χ3v) is 4.29. The molecule has 1 aliphatic rings. The van der Waals surface area contributed by atoms with Crippen molar-refractivity contribution in [3.63, 3.8) is 0 Å². The molecule has 4 nitrogen and oxygen atoms in total. The fourth-order valence-electron chi connectivity index (χ4n) is 2.78. The zero-order chi connectivity index (χ0) is 16.4. The molecular formula is C19H17ClN2O2. The summed E-state index contributed by atoms with van der Waals surface area (Å²) in [5, 5.41) is 0.657. The Hall–Kier alpha value is -2.30. The molecule has 2 aromatic carbocycles. The van der Waals surface area contributed by atoms with Gasteiger partial charge in [0.25, 0.3) is 0 Å². The van der Waals surface area contributed by atoms with Gasteiger partial charge in [-0.05, 0) is 42.0 Å². The van der Waals surface area contributed by atoms with Gasteiger partial charge in [0.1, 0.15) is 5.52 Å². The number of ether oxygens (including phenoxy) is 1. The molecule has 1 aromatic heterocycles. The number of morpholine rings is 1. The van der Waals surface area contributed by atoms with Crippen LogP contribution in [0, 0.1) is 0 Å². The van der Waals surface area contributed by atoms with E-state index in [-0.39, 0.29) is 0 Å². The van der Waals surface area contributed by atoms with E-state index in [1.807, 2.05) is 18.2 Å². The number of benzene rings is 2. The van der Waals surface area contributed by atoms with Crippen molar-refractivity contribution < 1.29 is 9.15 Å². The van der Waals surface area contributed by atoms with Crippen molar-refractivity contribution in [3.8, 4) is 0 Å². The summed E-state index contributed by atoms with van der Waals surface area (Å²) in [5.74, 6) is 0.574. The van der Waals surface area contributed by atoms with Crippen LogP contribution in [-0.2, 0) is 4.74 Å². The number of fused-ring (bicyclic) bond motifs is 1. The maximum atomic E-state index is 5.97. The largest absolute Gasteiger partial charge is 0.437 e. The number of nitrogens with zero attached hydrogens (tertiary/aromatic N) is 2. The molecule has 122 valence electrons. The minimum Gasteiger partial charge on any atom is -0.437 e. The molecule has 3 aromatic rings. The van der Waals surface area contributed by atoms with E-state index < -0.39 is 0 Å². The van der Waals surface area contributed by atoms with Crippen LogP contribution < -0.4 is 4.90 Å². The lowest BCUT2D eigenvalue weighted by molar-refractivity contribution is 0.122. The van der Waals surface area contributed by atoms with E-state index in [0.29, 0.717) is 10.9 Å². The predicted octanol–water partition coefficient (Wildman–Crippen LogP) is 4.49. The quantitative estimate of drug-likeness (QED) is 0.704. The van der Waals surface area contributed by atoms with Gasteiger partial charge >= 0.3 is 0 Å². The third-order valence-electron chi connectivity index (χ3n) is 4.05. The molecule has 0 aliphatic carbocycles. The van der Waals surface area contributed by atoms with E-state index >= 15 is 0 Å². The average molecular weight is 341 g/mol. The van der Waals surface area contributed by atoms with Crippen LogP contribution in [-0.4, -0.2) is 31.3 Å². The Morgan fingerprint density at radius 2 is 1.79 bits per heavy atom. The molecule has 0 atom stereocenters. The predicted molar refractivity (Wildman–Crippen MR) is 97.4 cm³/mol. The van der Waals surface area contributed by atoms with Gasteiger partial charge in [-0.3, -0.25) is 0 Å². The van der Waals surface area contributed by atoms with E-state index in [2.05, 4.69) is 34.1 Å².